The van der Waals surface area contributed by atoms with Crippen LogP contribution in [0, 0.1) is 17.0 Å². The molecule has 0 amide bonds. The number of ether oxygens (including phenoxy) is 1. The second-order valence-electron chi connectivity index (χ2n) is 4.61. The molecule has 0 spiro atoms. The van der Waals surface area contributed by atoms with Gasteiger partial charge in [0.2, 0.25) is 0 Å². The van der Waals surface area contributed by atoms with Crippen LogP contribution >= 0.6 is 0 Å². The topological polar surface area (TPSA) is 77.3 Å². The molecule has 2 heterocycles. The number of nitrogens with one attached hydrogen (secondary N) is 1. The molecule has 0 bridgehead atoms. The molecule has 98 valence electrons. The van der Waals surface area contributed by atoms with Gasteiger partial charge >= 0.3 is 0 Å². The first-order valence-corrected chi connectivity index (χ1v) is 6.06. The largest absolute Gasteiger partial charge is 0.487 e. The molecular formula is C13H13N3O3. The van der Waals surface area contributed by atoms with Gasteiger partial charge in [0.1, 0.15) is 11.9 Å². The normalized spacial score (nSPS) is 15.2. The van der Waals surface area contributed by atoms with Crippen molar-refractivity contribution in [3.63, 3.8) is 0 Å². The van der Waals surface area contributed by atoms with E-state index in [9.17, 15) is 10.1 Å². The first-order valence-electron chi connectivity index (χ1n) is 6.06. The Morgan fingerprint density at radius 1 is 1.42 bits per heavy atom. The number of rotatable bonds is 3. The van der Waals surface area contributed by atoms with Gasteiger partial charge in [0.15, 0.2) is 0 Å². The SMILES string of the molecule is Cc1cc2c(OC3CNC3)ccc([N+](=O)[O-])c2cn1. The van der Waals surface area contributed by atoms with Crippen LogP contribution in [-0.2, 0) is 0 Å². The molecule has 3 rings (SSSR count). The summed E-state index contributed by atoms with van der Waals surface area (Å²) in [5.74, 6) is 0.678. The lowest BCUT2D eigenvalue weighted by molar-refractivity contribution is -0.383. The maximum atomic E-state index is 11.0. The molecule has 1 saturated heterocycles. The van der Waals surface area contributed by atoms with E-state index in [0.717, 1.165) is 24.2 Å². The zero-order valence-electron chi connectivity index (χ0n) is 10.4. The van der Waals surface area contributed by atoms with Gasteiger partial charge in [-0.25, -0.2) is 0 Å². The second-order valence-corrected chi connectivity index (χ2v) is 4.61. The van der Waals surface area contributed by atoms with E-state index < -0.39 is 4.92 Å². The molecule has 0 atom stereocenters. The standard InChI is InChI=1S/C13H13N3O3/c1-8-4-10-11(7-15-8)12(16(17)18)2-3-13(10)19-9-5-14-6-9/h2-4,7,9,14H,5-6H2,1H3. The number of pyridine rings is 1. The Morgan fingerprint density at radius 2 is 2.21 bits per heavy atom. The van der Waals surface area contributed by atoms with Crippen LogP contribution in [0.4, 0.5) is 5.69 Å². The molecule has 1 N–H and O–H groups in total. The maximum Gasteiger partial charge on any atom is 0.279 e. The van der Waals surface area contributed by atoms with Crippen LogP contribution in [0.1, 0.15) is 5.69 Å². The average Bonchev–Trinajstić information content (AvgIpc) is 2.33. The summed E-state index contributed by atoms with van der Waals surface area (Å²) in [5, 5.41) is 15.4. The van der Waals surface area contributed by atoms with E-state index in [-0.39, 0.29) is 11.8 Å². The predicted molar refractivity (Wildman–Crippen MR) is 70.4 cm³/mol. The molecule has 2 aromatic rings. The number of hydrogen-bond donors (Lipinski definition) is 1. The number of fused-ring (bicyclic) bond motifs is 1. The van der Waals surface area contributed by atoms with Crippen LogP contribution in [0.2, 0.25) is 0 Å². The van der Waals surface area contributed by atoms with Crippen LogP contribution in [0.25, 0.3) is 10.8 Å². The number of nitro benzene ring substituents is 1. The zero-order chi connectivity index (χ0) is 13.4. The summed E-state index contributed by atoms with van der Waals surface area (Å²) >= 11 is 0. The fourth-order valence-electron chi connectivity index (χ4n) is 2.09. The van der Waals surface area contributed by atoms with Crippen LogP contribution < -0.4 is 10.1 Å². The monoisotopic (exact) mass is 259 g/mol. The highest BCUT2D eigenvalue weighted by molar-refractivity contribution is 5.95. The average molecular weight is 259 g/mol. The van der Waals surface area contributed by atoms with Crippen molar-refractivity contribution >= 4 is 16.5 Å². The quantitative estimate of drug-likeness (QED) is 0.671. The van der Waals surface area contributed by atoms with Crippen LogP contribution in [-0.4, -0.2) is 29.1 Å². The molecule has 0 unspecified atom stereocenters. The lowest BCUT2D eigenvalue weighted by atomic mass is 10.1. The van der Waals surface area contributed by atoms with Crippen molar-refractivity contribution in [2.75, 3.05) is 13.1 Å². The van der Waals surface area contributed by atoms with Crippen LogP contribution in [0.5, 0.6) is 5.75 Å². The molecule has 6 heteroatoms. The molecule has 1 aromatic heterocycles. The third-order valence-electron chi connectivity index (χ3n) is 3.21. The van der Waals surface area contributed by atoms with Crippen molar-refractivity contribution < 1.29 is 9.66 Å². The predicted octanol–water partition coefficient (Wildman–Crippen LogP) is 1.80. The van der Waals surface area contributed by atoms with Crippen molar-refractivity contribution in [1.29, 1.82) is 0 Å². The Morgan fingerprint density at radius 3 is 2.84 bits per heavy atom. The van der Waals surface area contributed by atoms with Gasteiger partial charge in [-0.1, -0.05) is 0 Å². The van der Waals surface area contributed by atoms with E-state index in [4.69, 9.17) is 4.74 Å². The fourth-order valence-corrected chi connectivity index (χ4v) is 2.09. The minimum absolute atomic E-state index is 0.0570. The Bertz CT molecular complexity index is 653. The van der Waals surface area contributed by atoms with E-state index in [1.165, 1.54) is 12.3 Å². The summed E-state index contributed by atoms with van der Waals surface area (Å²) in [6, 6.07) is 4.96. The van der Waals surface area contributed by atoms with Gasteiger partial charge in [0.05, 0.1) is 10.3 Å². The third kappa shape index (κ3) is 2.10. The summed E-state index contributed by atoms with van der Waals surface area (Å²) < 4.78 is 5.84. The molecule has 1 fully saturated rings. The highest BCUT2D eigenvalue weighted by atomic mass is 16.6. The molecule has 1 aliphatic heterocycles. The number of benzene rings is 1. The highest BCUT2D eigenvalue weighted by Gasteiger charge is 2.21. The van der Waals surface area contributed by atoms with Gasteiger partial charge in [0, 0.05) is 36.4 Å². The van der Waals surface area contributed by atoms with E-state index in [1.807, 2.05) is 13.0 Å². The number of non-ortho nitro benzene ring substituents is 1. The summed E-state index contributed by atoms with van der Waals surface area (Å²) in [6.07, 6.45) is 1.67. The van der Waals surface area contributed by atoms with Gasteiger partial charge in [-0.2, -0.15) is 0 Å². The number of aryl methyl sites for hydroxylation is 1. The number of nitro groups is 1. The molecule has 6 nitrogen and oxygen atoms in total. The molecule has 0 saturated carbocycles. The first-order chi connectivity index (χ1) is 9.15. The Hall–Kier alpha value is -2.21. The van der Waals surface area contributed by atoms with Crippen molar-refractivity contribution in [2.24, 2.45) is 0 Å². The van der Waals surface area contributed by atoms with E-state index in [2.05, 4.69) is 10.3 Å². The molecule has 1 aliphatic rings. The lowest BCUT2D eigenvalue weighted by Crippen LogP contribution is -2.50. The highest BCUT2D eigenvalue weighted by Crippen LogP contribution is 2.33. The smallest absolute Gasteiger partial charge is 0.279 e. The molecular weight excluding hydrogens is 246 g/mol. The van der Waals surface area contributed by atoms with Gasteiger partial charge in [-0.15, -0.1) is 0 Å². The van der Waals surface area contributed by atoms with E-state index in [0.29, 0.717) is 11.1 Å². The second kappa shape index (κ2) is 4.47. The molecule has 0 radical (unpaired) electrons. The van der Waals surface area contributed by atoms with Crippen molar-refractivity contribution in [1.82, 2.24) is 10.3 Å². The molecule has 1 aromatic carbocycles. The van der Waals surface area contributed by atoms with Gasteiger partial charge in [-0.3, -0.25) is 15.1 Å². The van der Waals surface area contributed by atoms with Crippen molar-refractivity contribution in [2.45, 2.75) is 13.0 Å². The minimum atomic E-state index is -0.395. The summed E-state index contributed by atoms with van der Waals surface area (Å²) in [4.78, 5) is 14.8. The van der Waals surface area contributed by atoms with Gasteiger partial charge in [0.25, 0.3) is 5.69 Å². The summed E-state index contributed by atoms with van der Waals surface area (Å²) in [5.41, 5.74) is 0.867. The minimum Gasteiger partial charge on any atom is -0.487 e. The first kappa shape index (κ1) is 11.9. The van der Waals surface area contributed by atoms with Gasteiger partial charge in [-0.05, 0) is 19.1 Å². The maximum absolute atomic E-state index is 11.0. The Kier molecular flexibility index (Phi) is 2.79. The van der Waals surface area contributed by atoms with Crippen LogP contribution in [0.15, 0.2) is 24.4 Å². The summed E-state index contributed by atoms with van der Waals surface area (Å²) in [7, 11) is 0. The third-order valence-corrected chi connectivity index (χ3v) is 3.21. The summed E-state index contributed by atoms with van der Waals surface area (Å²) in [6.45, 7) is 3.47. The van der Waals surface area contributed by atoms with Gasteiger partial charge < -0.3 is 10.1 Å². The molecule has 0 aliphatic carbocycles. The van der Waals surface area contributed by atoms with Crippen molar-refractivity contribution in [3.05, 3.63) is 40.2 Å². The lowest BCUT2D eigenvalue weighted by Gasteiger charge is -2.28. The molecule has 19 heavy (non-hydrogen) atoms. The van der Waals surface area contributed by atoms with Crippen LogP contribution in [0.3, 0.4) is 0 Å². The fraction of sp³-hybridized carbons (Fsp3) is 0.308. The Balaban J connectivity index is 2.14. The zero-order valence-corrected chi connectivity index (χ0v) is 10.4. The van der Waals surface area contributed by atoms with E-state index >= 15 is 0 Å². The number of nitrogens with zero attached hydrogens (tertiary/aromatic N) is 2. The number of hydrogen-bond acceptors (Lipinski definition) is 5. The van der Waals surface area contributed by atoms with E-state index in [1.54, 1.807) is 6.07 Å². The van der Waals surface area contributed by atoms with Crippen molar-refractivity contribution in [3.8, 4) is 5.75 Å². The Labute approximate surface area is 109 Å². The number of aromatic nitrogens is 1.